The number of carbonyl (C=O) groups excluding carboxylic acids is 1. The van der Waals surface area contributed by atoms with Gasteiger partial charge in [0.2, 0.25) is 5.83 Å². The number of unbranched alkanes of at least 4 members (excludes halogenated alkanes) is 3. The van der Waals surface area contributed by atoms with Crippen molar-refractivity contribution in [2.24, 2.45) is 0 Å². The van der Waals surface area contributed by atoms with E-state index in [1.54, 1.807) is 0 Å². The third kappa shape index (κ3) is 3.00. The molecule has 134 valence electrons. The van der Waals surface area contributed by atoms with E-state index >= 15 is 0 Å². The Morgan fingerprint density at radius 1 is 1.17 bits per heavy atom. The molecule has 1 nitrogen and oxygen atoms in total. The monoisotopic (exact) mass is 370 g/mol. The zero-order chi connectivity index (χ0) is 18.1. The van der Waals surface area contributed by atoms with E-state index in [0.29, 0.717) is 12.7 Å². The molecule has 0 fully saturated rings. The molecule has 2 rings (SSSR count). The molecule has 0 radical (unpaired) electrons. The molecule has 0 aliphatic heterocycles. The van der Waals surface area contributed by atoms with Crippen molar-refractivity contribution >= 4 is 17.6 Å². The third-order valence-electron chi connectivity index (χ3n) is 4.07. The number of allylic oxidation sites excluding steroid dienone is 2. The topological polar surface area (TPSA) is 17.1 Å². The van der Waals surface area contributed by atoms with Crippen molar-refractivity contribution < 1.29 is 31.1 Å². The lowest BCUT2D eigenvalue weighted by molar-refractivity contribution is -0.189. The Labute approximate surface area is 139 Å². The van der Waals surface area contributed by atoms with Crippen molar-refractivity contribution in [3.8, 4) is 0 Å². The molecular weight excluding hydrogens is 354 g/mol. The summed E-state index contributed by atoms with van der Waals surface area (Å²) >= 11 is 0.851. The van der Waals surface area contributed by atoms with Gasteiger partial charge in [-0.05, 0) is 24.5 Å². The number of hydrogen-bond donors (Lipinski definition) is 0. The van der Waals surface area contributed by atoms with Crippen LogP contribution in [0.25, 0.3) is 0 Å². The molecular formula is C16H16F6OS. The fourth-order valence-electron chi connectivity index (χ4n) is 2.77. The zero-order valence-electron chi connectivity index (χ0n) is 12.9. The van der Waals surface area contributed by atoms with Crippen LogP contribution in [0.4, 0.5) is 26.3 Å². The van der Waals surface area contributed by atoms with Crippen LogP contribution in [0.15, 0.2) is 17.7 Å². The summed E-state index contributed by atoms with van der Waals surface area (Å²) in [5.41, 5.74) is -0.423. The number of carbonyl (C=O) groups is 1. The van der Waals surface area contributed by atoms with Crippen molar-refractivity contribution in [1.29, 1.82) is 0 Å². The van der Waals surface area contributed by atoms with Gasteiger partial charge in [0.05, 0.1) is 4.88 Å². The lowest BCUT2D eigenvalue weighted by Crippen LogP contribution is -2.40. The summed E-state index contributed by atoms with van der Waals surface area (Å²) < 4.78 is 81.8. The van der Waals surface area contributed by atoms with Gasteiger partial charge in [-0.3, -0.25) is 4.79 Å². The normalized spacial score (nSPS) is 22.2. The van der Waals surface area contributed by atoms with Gasteiger partial charge >= 0.3 is 11.8 Å². The maximum absolute atomic E-state index is 14.0. The average Bonchev–Trinajstić information content (AvgIpc) is 2.97. The maximum Gasteiger partial charge on any atom is 0.364 e. The predicted octanol–water partition coefficient (Wildman–Crippen LogP) is 6.20. The summed E-state index contributed by atoms with van der Waals surface area (Å²) in [4.78, 5) is 11.1. The molecule has 0 aromatic carbocycles. The average molecular weight is 370 g/mol. The van der Waals surface area contributed by atoms with Crippen molar-refractivity contribution in [3.63, 3.8) is 0 Å². The Hall–Kier alpha value is -1.31. The van der Waals surface area contributed by atoms with Gasteiger partial charge in [0.15, 0.2) is 12.1 Å². The first-order chi connectivity index (χ1) is 11.2. The molecule has 0 spiro atoms. The van der Waals surface area contributed by atoms with Crippen LogP contribution >= 0.6 is 11.3 Å². The van der Waals surface area contributed by atoms with Gasteiger partial charge in [0, 0.05) is 4.88 Å². The van der Waals surface area contributed by atoms with E-state index in [0.717, 1.165) is 36.7 Å². The van der Waals surface area contributed by atoms with E-state index in [1.165, 1.54) is 0 Å². The van der Waals surface area contributed by atoms with E-state index in [1.807, 2.05) is 6.92 Å². The number of aryl methyl sites for hydroxylation is 1. The molecule has 1 atom stereocenters. The molecule has 8 heteroatoms. The third-order valence-corrected chi connectivity index (χ3v) is 5.20. The Balaban J connectivity index is 2.40. The van der Waals surface area contributed by atoms with Crippen molar-refractivity contribution in [3.05, 3.63) is 33.0 Å². The van der Waals surface area contributed by atoms with Crippen LogP contribution in [0.3, 0.4) is 0 Å². The van der Waals surface area contributed by atoms with Crippen LogP contribution in [0, 0.1) is 0 Å². The molecule has 1 aliphatic rings. The molecule has 0 amide bonds. The number of aldehydes is 1. The highest BCUT2D eigenvalue weighted by atomic mass is 32.1. The highest BCUT2D eigenvalue weighted by Gasteiger charge is 2.72. The summed E-state index contributed by atoms with van der Waals surface area (Å²) in [7, 11) is 0. The maximum atomic E-state index is 14.0. The highest BCUT2D eigenvalue weighted by molar-refractivity contribution is 7.13. The number of halogens is 6. The molecule has 1 aromatic heterocycles. The SMILES string of the molecule is CCCCCCc1sc(C=O)cc1C1C(F)=C(F)C(F)(F)C1(F)F. The van der Waals surface area contributed by atoms with Crippen LogP contribution in [0.2, 0.25) is 0 Å². The number of hydrogen-bond acceptors (Lipinski definition) is 2. The first-order valence-electron chi connectivity index (χ1n) is 7.57. The number of rotatable bonds is 7. The van der Waals surface area contributed by atoms with Gasteiger partial charge < -0.3 is 0 Å². The largest absolute Gasteiger partial charge is 0.364 e. The minimum Gasteiger partial charge on any atom is -0.297 e. The van der Waals surface area contributed by atoms with Crippen molar-refractivity contribution in [2.45, 2.75) is 56.8 Å². The minimum absolute atomic E-state index is 0.0229. The Kier molecular flexibility index (Phi) is 5.47. The van der Waals surface area contributed by atoms with Crippen LogP contribution in [-0.4, -0.2) is 18.1 Å². The quantitative estimate of drug-likeness (QED) is 0.317. The first kappa shape index (κ1) is 19.0. The molecule has 0 N–H and O–H groups in total. The molecule has 0 bridgehead atoms. The van der Waals surface area contributed by atoms with E-state index in [9.17, 15) is 31.1 Å². The highest BCUT2D eigenvalue weighted by Crippen LogP contribution is 2.60. The minimum atomic E-state index is -5.19. The summed E-state index contributed by atoms with van der Waals surface area (Å²) in [6, 6.07) is 0.958. The lowest BCUT2D eigenvalue weighted by atomic mass is 9.92. The van der Waals surface area contributed by atoms with Crippen LogP contribution in [-0.2, 0) is 6.42 Å². The van der Waals surface area contributed by atoms with Crippen LogP contribution in [0.5, 0.6) is 0 Å². The summed E-state index contributed by atoms with van der Waals surface area (Å²) in [5, 5.41) is 0. The van der Waals surface area contributed by atoms with E-state index in [2.05, 4.69) is 0 Å². The lowest BCUT2D eigenvalue weighted by Gasteiger charge is -2.24. The molecule has 1 unspecified atom stereocenters. The Morgan fingerprint density at radius 3 is 2.33 bits per heavy atom. The van der Waals surface area contributed by atoms with Gasteiger partial charge in [-0.2, -0.15) is 17.6 Å². The predicted molar refractivity (Wildman–Crippen MR) is 79.4 cm³/mol. The fourth-order valence-corrected chi connectivity index (χ4v) is 3.83. The van der Waals surface area contributed by atoms with Crippen molar-refractivity contribution in [1.82, 2.24) is 0 Å². The molecule has 1 aromatic rings. The summed E-state index contributed by atoms with van der Waals surface area (Å²) in [6.07, 6.45) is 3.85. The van der Waals surface area contributed by atoms with E-state index in [-0.39, 0.29) is 16.2 Å². The van der Waals surface area contributed by atoms with Gasteiger partial charge in [0.1, 0.15) is 5.92 Å². The molecule has 0 saturated carbocycles. The smallest absolute Gasteiger partial charge is 0.297 e. The summed E-state index contributed by atoms with van der Waals surface area (Å²) in [6.45, 7) is 1.98. The second kappa shape index (κ2) is 6.90. The van der Waals surface area contributed by atoms with Gasteiger partial charge in [-0.15, -0.1) is 11.3 Å². The Bertz CT molecular complexity index is 649. The fraction of sp³-hybridized carbons (Fsp3) is 0.562. The van der Waals surface area contributed by atoms with Crippen LogP contribution in [0.1, 0.15) is 58.6 Å². The number of alkyl halides is 4. The van der Waals surface area contributed by atoms with Gasteiger partial charge in [-0.1, -0.05) is 26.2 Å². The molecule has 0 saturated heterocycles. The van der Waals surface area contributed by atoms with E-state index in [4.69, 9.17) is 0 Å². The molecule has 1 aliphatic carbocycles. The molecule has 1 heterocycles. The number of thiophene rings is 1. The van der Waals surface area contributed by atoms with Gasteiger partial charge in [0.25, 0.3) is 0 Å². The zero-order valence-corrected chi connectivity index (χ0v) is 13.7. The van der Waals surface area contributed by atoms with Crippen molar-refractivity contribution in [2.75, 3.05) is 0 Å². The van der Waals surface area contributed by atoms with Gasteiger partial charge in [-0.25, -0.2) is 8.78 Å². The molecule has 24 heavy (non-hydrogen) atoms. The van der Waals surface area contributed by atoms with Crippen LogP contribution < -0.4 is 0 Å². The standard InChI is InChI=1S/C16H16F6OS/c1-2-3-4-5-6-11-10(7-9(8-23)24-11)12-13(17)14(18)16(21,22)15(12,19)20/h7-8,12H,2-6H2,1H3. The second-order valence-corrected chi connectivity index (χ2v) is 6.92. The Morgan fingerprint density at radius 2 is 1.83 bits per heavy atom. The first-order valence-corrected chi connectivity index (χ1v) is 8.39. The van der Waals surface area contributed by atoms with E-state index < -0.39 is 35.0 Å². The summed E-state index contributed by atoms with van der Waals surface area (Å²) in [5.74, 6) is -17.7. The second-order valence-electron chi connectivity index (χ2n) is 5.75.